The first-order chi connectivity index (χ1) is 19.5. The molecule has 6 rings (SSSR count). The minimum absolute atomic E-state index is 0.0260. The minimum Gasteiger partial charge on any atom is -0.496 e. The van der Waals surface area contributed by atoms with Gasteiger partial charge in [-0.3, -0.25) is 4.79 Å². The van der Waals surface area contributed by atoms with Crippen molar-refractivity contribution in [1.82, 2.24) is 19.1 Å². The highest BCUT2D eigenvalue weighted by atomic mass is 16.5. The van der Waals surface area contributed by atoms with Crippen LogP contribution in [0.2, 0.25) is 0 Å². The molecule has 0 fully saturated rings. The Hall–Kier alpha value is -5.16. The van der Waals surface area contributed by atoms with Crippen LogP contribution >= 0.6 is 0 Å². The fraction of sp³-hybridized carbons (Fsp3) is 0.188. The predicted molar refractivity (Wildman–Crippen MR) is 152 cm³/mol. The summed E-state index contributed by atoms with van der Waals surface area (Å²) in [5.74, 6) is 1.55. The number of ether oxygens (including phenoxy) is 1. The van der Waals surface area contributed by atoms with Crippen molar-refractivity contribution in [2.45, 2.75) is 33.0 Å². The van der Waals surface area contributed by atoms with Crippen LogP contribution in [0.1, 0.15) is 33.8 Å². The van der Waals surface area contributed by atoms with Gasteiger partial charge in [0.15, 0.2) is 0 Å². The van der Waals surface area contributed by atoms with Crippen LogP contribution in [0, 0.1) is 18.3 Å². The molecule has 0 saturated heterocycles. The Labute approximate surface area is 232 Å². The number of imidazole rings is 2. The Bertz CT molecular complexity index is 1740. The third kappa shape index (κ3) is 4.85. The molecule has 8 nitrogen and oxygen atoms in total. The number of carbonyl (C=O) groups excluding carboxylic acids is 1. The van der Waals surface area contributed by atoms with Gasteiger partial charge >= 0.3 is 0 Å². The SMILES string of the molecule is COc1ccccc1-c1cn2c(n1)CN(C(=O)Cc1cncn1Cc1ccc(C#N)cc1)c1ccc(C)cc1C2. The molecule has 1 aliphatic heterocycles. The number of carbonyl (C=O) groups is 1. The highest BCUT2D eigenvalue weighted by Gasteiger charge is 2.27. The molecule has 1 aliphatic rings. The Morgan fingerprint density at radius 2 is 1.90 bits per heavy atom. The molecule has 2 aromatic heterocycles. The van der Waals surface area contributed by atoms with Gasteiger partial charge in [0, 0.05) is 35.9 Å². The summed E-state index contributed by atoms with van der Waals surface area (Å²) in [5.41, 5.74) is 7.32. The van der Waals surface area contributed by atoms with E-state index in [0.717, 1.165) is 50.9 Å². The minimum atomic E-state index is -0.0260. The second kappa shape index (κ2) is 10.5. The molecule has 198 valence electrons. The average molecular weight is 529 g/mol. The highest BCUT2D eigenvalue weighted by molar-refractivity contribution is 5.95. The Morgan fingerprint density at radius 1 is 1.07 bits per heavy atom. The molecule has 0 aliphatic carbocycles. The molecular weight excluding hydrogens is 500 g/mol. The summed E-state index contributed by atoms with van der Waals surface area (Å²) >= 11 is 0. The predicted octanol–water partition coefficient (Wildman–Crippen LogP) is 5.12. The molecule has 0 atom stereocenters. The molecule has 8 heteroatoms. The van der Waals surface area contributed by atoms with Crippen molar-refractivity contribution in [3.05, 3.63) is 119 Å². The topological polar surface area (TPSA) is 89.0 Å². The Kier molecular flexibility index (Phi) is 6.62. The maximum absolute atomic E-state index is 13.9. The molecule has 0 radical (unpaired) electrons. The van der Waals surface area contributed by atoms with Crippen LogP contribution in [0.15, 0.2) is 85.5 Å². The lowest BCUT2D eigenvalue weighted by atomic mass is 10.1. The zero-order chi connectivity index (χ0) is 27.6. The van der Waals surface area contributed by atoms with E-state index < -0.39 is 0 Å². The molecule has 0 N–H and O–H groups in total. The summed E-state index contributed by atoms with van der Waals surface area (Å²) in [6.45, 7) is 3.60. The quantitative estimate of drug-likeness (QED) is 0.305. The maximum atomic E-state index is 13.9. The first kappa shape index (κ1) is 25.1. The first-order valence-corrected chi connectivity index (χ1v) is 13.1. The van der Waals surface area contributed by atoms with Crippen molar-refractivity contribution in [2.75, 3.05) is 12.0 Å². The molecule has 1 amide bonds. The van der Waals surface area contributed by atoms with Crippen molar-refractivity contribution in [3.63, 3.8) is 0 Å². The zero-order valence-corrected chi connectivity index (χ0v) is 22.4. The van der Waals surface area contributed by atoms with Gasteiger partial charge < -0.3 is 18.8 Å². The summed E-state index contributed by atoms with van der Waals surface area (Å²) in [4.78, 5) is 25.1. The number of hydrogen-bond acceptors (Lipinski definition) is 5. The van der Waals surface area contributed by atoms with Crippen molar-refractivity contribution in [1.29, 1.82) is 5.26 Å². The van der Waals surface area contributed by atoms with Crippen LogP contribution in [0.5, 0.6) is 5.75 Å². The second-order valence-electron chi connectivity index (χ2n) is 9.98. The van der Waals surface area contributed by atoms with E-state index in [2.05, 4.69) is 28.6 Å². The molecule has 3 heterocycles. The Morgan fingerprint density at radius 3 is 2.70 bits per heavy atom. The number of amides is 1. The number of benzene rings is 3. The summed E-state index contributed by atoms with van der Waals surface area (Å²) in [6, 6.07) is 23.6. The summed E-state index contributed by atoms with van der Waals surface area (Å²) < 4.78 is 9.68. The number of aryl methyl sites for hydroxylation is 1. The van der Waals surface area contributed by atoms with Gasteiger partial charge in [0.1, 0.15) is 11.6 Å². The fourth-order valence-electron chi connectivity index (χ4n) is 5.21. The third-order valence-corrected chi connectivity index (χ3v) is 7.28. The number of para-hydroxylation sites is 1. The zero-order valence-electron chi connectivity index (χ0n) is 22.4. The van der Waals surface area contributed by atoms with Gasteiger partial charge in [-0.2, -0.15) is 5.26 Å². The van der Waals surface area contributed by atoms with Crippen molar-refractivity contribution in [3.8, 4) is 23.1 Å². The molecule has 5 aromatic rings. The summed E-state index contributed by atoms with van der Waals surface area (Å²) in [6.07, 6.45) is 5.73. The van der Waals surface area contributed by atoms with Gasteiger partial charge in [0.25, 0.3) is 0 Å². The van der Waals surface area contributed by atoms with E-state index in [-0.39, 0.29) is 12.3 Å². The van der Waals surface area contributed by atoms with E-state index in [4.69, 9.17) is 15.0 Å². The molecular formula is C32H28N6O2. The lowest BCUT2D eigenvalue weighted by molar-refractivity contribution is -0.118. The number of fused-ring (bicyclic) bond motifs is 2. The number of aromatic nitrogens is 4. The number of nitriles is 1. The van der Waals surface area contributed by atoms with E-state index in [1.165, 1.54) is 0 Å². The van der Waals surface area contributed by atoms with Crippen LogP contribution in [0.4, 0.5) is 5.69 Å². The van der Waals surface area contributed by atoms with E-state index >= 15 is 0 Å². The van der Waals surface area contributed by atoms with E-state index in [9.17, 15) is 4.79 Å². The van der Waals surface area contributed by atoms with Gasteiger partial charge in [0.05, 0.1) is 50.3 Å². The molecule has 0 bridgehead atoms. The van der Waals surface area contributed by atoms with Gasteiger partial charge in [0.2, 0.25) is 5.91 Å². The van der Waals surface area contributed by atoms with E-state index in [1.54, 1.807) is 31.8 Å². The van der Waals surface area contributed by atoms with Gasteiger partial charge in [-0.25, -0.2) is 9.97 Å². The number of rotatable bonds is 6. The van der Waals surface area contributed by atoms with Gasteiger partial charge in [-0.05, 0) is 48.4 Å². The van der Waals surface area contributed by atoms with Crippen LogP contribution in [0.25, 0.3) is 11.3 Å². The monoisotopic (exact) mass is 528 g/mol. The van der Waals surface area contributed by atoms with Crippen molar-refractivity contribution >= 4 is 11.6 Å². The van der Waals surface area contributed by atoms with Crippen molar-refractivity contribution in [2.24, 2.45) is 0 Å². The van der Waals surface area contributed by atoms with Gasteiger partial charge in [-0.15, -0.1) is 0 Å². The van der Waals surface area contributed by atoms with Crippen LogP contribution in [-0.2, 0) is 30.8 Å². The van der Waals surface area contributed by atoms with Crippen LogP contribution in [-0.4, -0.2) is 32.1 Å². The molecule has 0 spiro atoms. The van der Waals surface area contributed by atoms with Crippen molar-refractivity contribution < 1.29 is 9.53 Å². The standard InChI is InChI=1S/C32H28N6O2/c1-22-7-12-29-25(13-22)18-36-19-28(27-5-3-4-6-30(27)40-2)35-31(36)20-38(29)32(39)14-26-16-34-21-37(26)17-24-10-8-23(15-33)9-11-24/h3-13,16,19,21H,14,17-18,20H2,1-2H3. The normalized spacial score (nSPS) is 12.3. The molecule has 3 aromatic carbocycles. The Balaban J connectivity index is 1.31. The van der Waals surface area contributed by atoms with Crippen LogP contribution in [0.3, 0.4) is 0 Å². The summed E-state index contributed by atoms with van der Waals surface area (Å²) in [7, 11) is 1.66. The number of methoxy groups -OCH3 is 1. The second-order valence-corrected chi connectivity index (χ2v) is 9.98. The number of anilines is 1. The third-order valence-electron chi connectivity index (χ3n) is 7.28. The molecule has 0 saturated carbocycles. The lowest BCUT2D eigenvalue weighted by Crippen LogP contribution is -2.32. The van der Waals surface area contributed by atoms with E-state index in [1.807, 2.05) is 64.2 Å². The largest absolute Gasteiger partial charge is 0.496 e. The molecule has 0 unspecified atom stereocenters. The van der Waals surface area contributed by atoms with Crippen LogP contribution < -0.4 is 9.64 Å². The van der Waals surface area contributed by atoms with E-state index in [0.29, 0.717) is 25.2 Å². The number of nitrogens with zero attached hydrogens (tertiary/aromatic N) is 6. The lowest BCUT2D eigenvalue weighted by Gasteiger charge is -2.23. The first-order valence-electron chi connectivity index (χ1n) is 13.1. The summed E-state index contributed by atoms with van der Waals surface area (Å²) in [5, 5.41) is 9.08. The number of hydrogen-bond donors (Lipinski definition) is 0. The fourth-order valence-corrected chi connectivity index (χ4v) is 5.21. The molecule has 40 heavy (non-hydrogen) atoms. The average Bonchev–Trinajstić information content (AvgIpc) is 3.55. The highest BCUT2D eigenvalue weighted by Crippen LogP contribution is 2.33. The smallest absolute Gasteiger partial charge is 0.233 e. The van der Waals surface area contributed by atoms with Gasteiger partial charge in [-0.1, -0.05) is 42.0 Å². The maximum Gasteiger partial charge on any atom is 0.233 e.